The Hall–Kier alpha value is -0.930. The molecule has 0 heterocycles. The lowest BCUT2D eigenvalue weighted by Crippen LogP contribution is -2.04. The largest absolute Gasteiger partial charge is 0.491 e. The van der Waals surface area contributed by atoms with Gasteiger partial charge in [-0.1, -0.05) is 43.1 Å². The van der Waals surface area contributed by atoms with Crippen LogP contribution in [-0.2, 0) is 4.79 Å². The maximum absolute atomic E-state index is 10.2. The van der Waals surface area contributed by atoms with Crippen LogP contribution in [0, 0.1) is 0 Å². The van der Waals surface area contributed by atoms with Crippen LogP contribution in [0.15, 0.2) is 18.2 Å². The molecule has 90 valence electrons. The Balaban J connectivity index is 0.00000106. The number of halogens is 2. The van der Waals surface area contributed by atoms with Crippen molar-refractivity contribution in [3.8, 4) is 5.75 Å². The lowest BCUT2D eigenvalue weighted by atomic mass is 10.3. The molecule has 16 heavy (non-hydrogen) atoms. The van der Waals surface area contributed by atoms with Crippen LogP contribution in [0.25, 0.3) is 0 Å². The van der Waals surface area contributed by atoms with Gasteiger partial charge in [0.2, 0.25) is 0 Å². The summed E-state index contributed by atoms with van der Waals surface area (Å²) in [6.45, 7) is 4.08. The van der Waals surface area contributed by atoms with E-state index in [1.807, 2.05) is 13.8 Å². The second kappa shape index (κ2) is 8.25. The van der Waals surface area contributed by atoms with E-state index in [1.54, 1.807) is 18.2 Å². The van der Waals surface area contributed by atoms with Crippen LogP contribution in [0.5, 0.6) is 5.75 Å². The molecule has 0 atom stereocenters. The Labute approximate surface area is 105 Å². The Kier molecular flexibility index (Phi) is 7.77. The van der Waals surface area contributed by atoms with Crippen LogP contribution in [0.2, 0.25) is 10.0 Å². The predicted octanol–water partition coefficient (Wildman–Crippen LogP) is 3.87. The number of carboxylic acid groups (broad SMARTS) is 1. The quantitative estimate of drug-likeness (QED) is 0.898. The zero-order valence-electron chi connectivity index (χ0n) is 9.17. The molecule has 0 aliphatic carbocycles. The normalized spacial score (nSPS) is 9.00. The van der Waals surface area contributed by atoms with Crippen LogP contribution in [-0.4, -0.2) is 17.7 Å². The van der Waals surface area contributed by atoms with E-state index in [9.17, 15) is 4.79 Å². The Morgan fingerprint density at radius 2 is 2.00 bits per heavy atom. The first-order chi connectivity index (χ1) is 7.61. The van der Waals surface area contributed by atoms with Crippen molar-refractivity contribution in [2.45, 2.75) is 20.3 Å². The molecule has 1 aromatic carbocycles. The highest BCUT2D eigenvalue weighted by Gasteiger charge is 2.05. The lowest BCUT2D eigenvalue weighted by molar-refractivity contribution is -0.137. The SMILES string of the molecule is CC.O=C(O)CCOc1cccc(Cl)c1Cl. The highest BCUT2D eigenvalue weighted by atomic mass is 35.5. The highest BCUT2D eigenvalue weighted by Crippen LogP contribution is 2.31. The van der Waals surface area contributed by atoms with E-state index >= 15 is 0 Å². The Morgan fingerprint density at radius 3 is 2.56 bits per heavy atom. The molecule has 1 rings (SSSR count). The van der Waals surface area contributed by atoms with Crippen molar-refractivity contribution in [2.24, 2.45) is 0 Å². The minimum Gasteiger partial charge on any atom is -0.491 e. The van der Waals surface area contributed by atoms with Gasteiger partial charge in [-0.25, -0.2) is 0 Å². The monoisotopic (exact) mass is 264 g/mol. The van der Waals surface area contributed by atoms with E-state index < -0.39 is 5.97 Å². The molecule has 0 aliphatic heterocycles. The lowest BCUT2D eigenvalue weighted by Gasteiger charge is -2.06. The van der Waals surface area contributed by atoms with Crippen molar-refractivity contribution >= 4 is 29.2 Å². The number of aliphatic carboxylic acids is 1. The summed E-state index contributed by atoms with van der Waals surface area (Å²) in [5.74, 6) is -0.511. The molecule has 0 aromatic heterocycles. The van der Waals surface area contributed by atoms with Crippen molar-refractivity contribution in [1.82, 2.24) is 0 Å². The van der Waals surface area contributed by atoms with E-state index in [4.69, 9.17) is 33.0 Å². The standard InChI is InChI=1S/C9H8Cl2O3.C2H6/c10-6-2-1-3-7(9(6)11)14-5-4-8(12)13;1-2/h1-3H,4-5H2,(H,12,13);1-2H3. The third-order valence-electron chi connectivity index (χ3n) is 1.49. The first-order valence-electron chi connectivity index (χ1n) is 4.90. The zero-order chi connectivity index (χ0) is 12.6. The molecule has 0 saturated heterocycles. The van der Waals surface area contributed by atoms with Gasteiger partial charge >= 0.3 is 5.97 Å². The minimum atomic E-state index is -0.914. The predicted molar refractivity (Wildman–Crippen MR) is 65.6 cm³/mol. The molecule has 3 nitrogen and oxygen atoms in total. The van der Waals surface area contributed by atoms with Crippen molar-refractivity contribution < 1.29 is 14.6 Å². The van der Waals surface area contributed by atoms with E-state index in [-0.39, 0.29) is 13.0 Å². The first kappa shape index (κ1) is 15.1. The molecule has 0 bridgehead atoms. The van der Waals surface area contributed by atoms with Gasteiger partial charge in [0, 0.05) is 0 Å². The summed E-state index contributed by atoms with van der Waals surface area (Å²) < 4.78 is 5.13. The molecule has 0 spiro atoms. The summed E-state index contributed by atoms with van der Waals surface area (Å²) >= 11 is 11.5. The number of benzene rings is 1. The summed E-state index contributed by atoms with van der Waals surface area (Å²) in [5.41, 5.74) is 0. The van der Waals surface area contributed by atoms with Crippen LogP contribution < -0.4 is 4.74 Å². The molecular weight excluding hydrogens is 251 g/mol. The molecule has 0 saturated carbocycles. The van der Waals surface area contributed by atoms with Crippen LogP contribution >= 0.6 is 23.2 Å². The summed E-state index contributed by atoms with van der Waals surface area (Å²) in [4.78, 5) is 10.2. The van der Waals surface area contributed by atoms with Gasteiger partial charge in [-0.15, -0.1) is 0 Å². The zero-order valence-corrected chi connectivity index (χ0v) is 10.7. The Morgan fingerprint density at radius 1 is 1.38 bits per heavy atom. The van der Waals surface area contributed by atoms with Gasteiger partial charge < -0.3 is 9.84 Å². The Bertz CT molecular complexity index is 340. The molecule has 1 N–H and O–H groups in total. The summed E-state index contributed by atoms with van der Waals surface area (Å²) in [7, 11) is 0. The number of carboxylic acids is 1. The molecule has 5 heteroatoms. The molecular formula is C11H14Cl2O3. The van der Waals surface area contributed by atoms with E-state index in [0.717, 1.165) is 0 Å². The van der Waals surface area contributed by atoms with Gasteiger partial charge in [0.05, 0.1) is 18.1 Å². The molecule has 0 radical (unpaired) electrons. The fourth-order valence-corrected chi connectivity index (χ4v) is 1.19. The molecule has 0 unspecified atom stereocenters. The average Bonchev–Trinajstić information content (AvgIpc) is 2.27. The van der Waals surface area contributed by atoms with Crippen LogP contribution in [0.4, 0.5) is 0 Å². The number of carbonyl (C=O) groups is 1. The molecule has 0 amide bonds. The number of ether oxygens (including phenoxy) is 1. The van der Waals surface area contributed by atoms with E-state index in [2.05, 4.69) is 0 Å². The fraction of sp³-hybridized carbons (Fsp3) is 0.364. The molecule has 0 aliphatic rings. The number of rotatable bonds is 4. The van der Waals surface area contributed by atoms with Gasteiger partial charge in [0.1, 0.15) is 10.8 Å². The second-order valence-electron chi connectivity index (χ2n) is 2.54. The second-order valence-corrected chi connectivity index (χ2v) is 3.33. The van der Waals surface area contributed by atoms with Crippen molar-refractivity contribution in [1.29, 1.82) is 0 Å². The molecule has 0 fully saturated rings. The fourth-order valence-electron chi connectivity index (χ4n) is 0.844. The van der Waals surface area contributed by atoms with Gasteiger partial charge in [0.15, 0.2) is 0 Å². The van der Waals surface area contributed by atoms with E-state index in [0.29, 0.717) is 15.8 Å². The van der Waals surface area contributed by atoms with Crippen molar-refractivity contribution in [2.75, 3.05) is 6.61 Å². The van der Waals surface area contributed by atoms with Crippen molar-refractivity contribution in [3.05, 3.63) is 28.2 Å². The van der Waals surface area contributed by atoms with Crippen LogP contribution in [0.3, 0.4) is 0 Å². The van der Waals surface area contributed by atoms with Gasteiger partial charge in [0.25, 0.3) is 0 Å². The highest BCUT2D eigenvalue weighted by molar-refractivity contribution is 6.42. The summed E-state index contributed by atoms with van der Waals surface area (Å²) in [6.07, 6.45) is -0.0666. The van der Waals surface area contributed by atoms with Gasteiger partial charge in [-0.3, -0.25) is 4.79 Å². The van der Waals surface area contributed by atoms with E-state index in [1.165, 1.54) is 0 Å². The third-order valence-corrected chi connectivity index (χ3v) is 2.29. The minimum absolute atomic E-state index is 0.0666. The number of hydrogen-bond donors (Lipinski definition) is 1. The van der Waals surface area contributed by atoms with Crippen molar-refractivity contribution in [3.63, 3.8) is 0 Å². The third kappa shape index (κ3) is 5.24. The molecule has 1 aromatic rings. The van der Waals surface area contributed by atoms with Gasteiger partial charge in [-0.2, -0.15) is 0 Å². The number of hydrogen-bond acceptors (Lipinski definition) is 2. The maximum Gasteiger partial charge on any atom is 0.306 e. The topological polar surface area (TPSA) is 46.5 Å². The van der Waals surface area contributed by atoms with Gasteiger partial charge in [-0.05, 0) is 12.1 Å². The smallest absolute Gasteiger partial charge is 0.306 e. The van der Waals surface area contributed by atoms with Crippen LogP contribution in [0.1, 0.15) is 20.3 Å². The summed E-state index contributed by atoms with van der Waals surface area (Å²) in [6, 6.07) is 4.95. The first-order valence-corrected chi connectivity index (χ1v) is 5.65. The maximum atomic E-state index is 10.2. The average molecular weight is 265 g/mol. The summed E-state index contributed by atoms with van der Waals surface area (Å²) in [5, 5.41) is 9.07.